The molecule has 1 fully saturated rings. The maximum atomic E-state index is 12.6. The molecule has 5 heteroatoms. The van der Waals surface area contributed by atoms with Crippen LogP contribution in [0.1, 0.15) is 17.5 Å². The van der Waals surface area contributed by atoms with Crippen LogP contribution in [0.4, 0.5) is 5.69 Å². The Bertz CT molecular complexity index is 870. The van der Waals surface area contributed by atoms with Gasteiger partial charge in [-0.1, -0.05) is 18.2 Å². The number of aryl methyl sites for hydroxylation is 1. The number of anilines is 1. The molecule has 2 heterocycles. The summed E-state index contributed by atoms with van der Waals surface area (Å²) in [5.41, 5.74) is 3.43. The Balaban J connectivity index is 1.35. The average molecular weight is 378 g/mol. The van der Waals surface area contributed by atoms with E-state index in [2.05, 4.69) is 36.1 Å². The summed E-state index contributed by atoms with van der Waals surface area (Å²) < 4.78 is 11.4. The third-order valence-electron chi connectivity index (χ3n) is 5.15. The molecule has 0 unspecified atom stereocenters. The molecule has 0 aliphatic carbocycles. The lowest BCUT2D eigenvalue weighted by Crippen LogP contribution is -2.48. The van der Waals surface area contributed by atoms with Crippen molar-refractivity contribution in [2.75, 3.05) is 44.3 Å². The maximum Gasteiger partial charge on any atom is 0.246 e. The number of hydrogen-bond acceptors (Lipinski definition) is 4. The van der Waals surface area contributed by atoms with Gasteiger partial charge in [0.25, 0.3) is 0 Å². The predicted octanol–water partition coefficient (Wildman–Crippen LogP) is 3.52. The summed E-state index contributed by atoms with van der Waals surface area (Å²) in [7, 11) is 0. The van der Waals surface area contributed by atoms with Crippen LogP contribution >= 0.6 is 0 Å². The van der Waals surface area contributed by atoms with Crippen LogP contribution in [0.3, 0.4) is 0 Å². The van der Waals surface area contributed by atoms with Gasteiger partial charge in [-0.15, -0.1) is 0 Å². The molecular formula is C23H26N2O3. The Morgan fingerprint density at radius 2 is 1.75 bits per heavy atom. The number of piperazine rings is 1. The van der Waals surface area contributed by atoms with E-state index >= 15 is 0 Å². The van der Waals surface area contributed by atoms with Crippen LogP contribution in [-0.4, -0.2) is 50.2 Å². The zero-order valence-electron chi connectivity index (χ0n) is 16.3. The standard InChI is InChI=1S/C23H26N2O3/c1-18-4-2-5-20(16-18)24-10-12-25(13-11-24)23(26)9-7-19-6-8-21-22(17-19)28-15-3-14-27-21/h2,4-9,16-17H,3,10-15H2,1H3/b9-7+. The van der Waals surface area contributed by atoms with Crippen LogP contribution in [0.15, 0.2) is 48.5 Å². The monoisotopic (exact) mass is 378 g/mol. The van der Waals surface area contributed by atoms with E-state index in [0.717, 1.165) is 49.7 Å². The van der Waals surface area contributed by atoms with Crippen molar-refractivity contribution in [3.63, 3.8) is 0 Å². The van der Waals surface area contributed by atoms with Gasteiger partial charge in [0.2, 0.25) is 5.91 Å². The summed E-state index contributed by atoms with van der Waals surface area (Å²) in [4.78, 5) is 16.8. The number of ether oxygens (including phenoxy) is 2. The molecule has 4 rings (SSSR count). The minimum Gasteiger partial charge on any atom is -0.490 e. The lowest BCUT2D eigenvalue weighted by Gasteiger charge is -2.35. The molecule has 1 saturated heterocycles. The second-order valence-electron chi connectivity index (χ2n) is 7.24. The molecule has 0 radical (unpaired) electrons. The van der Waals surface area contributed by atoms with Crippen molar-refractivity contribution in [2.24, 2.45) is 0 Å². The molecule has 0 bridgehead atoms. The highest BCUT2D eigenvalue weighted by Gasteiger charge is 2.20. The number of amides is 1. The molecule has 2 aliphatic rings. The molecular weight excluding hydrogens is 352 g/mol. The second-order valence-corrected chi connectivity index (χ2v) is 7.24. The zero-order chi connectivity index (χ0) is 19.3. The van der Waals surface area contributed by atoms with Gasteiger partial charge in [0.15, 0.2) is 11.5 Å². The molecule has 2 aromatic rings. The van der Waals surface area contributed by atoms with Crippen molar-refractivity contribution < 1.29 is 14.3 Å². The largest absolute Gasteiger partial charge is 0.490 e. The SMILES string of the molecule is Cc1cccc(N2CCN(C(=O)/C=C/c3ccc4c(c3)OCCCO4)CC2)c1. The summed E-state index contributed by atoms with van der Waals surface area (Å²) >= 11 is 0. The highest BCUT2D eigenvalue weighted by Crippen LogP contribution is 2.30. The molecule has 28 heavy (non-hydrogen) atoms. The highest BCUT2D eigenvalue weighted by molar-refractivity contribution is 5.92. The van der Waals surface area contributed by atoms with Crippen LogP contribution in [-0.2, 0) is 4.79 Å². The van der Waals surface area contributed by atoms with Gasteiger partial charge < -0.3 is 19.3 Å². The fourth-order valence-corrected chi connectivity index (χ4v) is 3.57. The Morgan fingerprint density at radius 1 is 0.964 bits per heavy atom. The Labute approximate surface area is 166 Å². The van der Waals surface area contributed by atoms with E-state index < -0.39 is 0 Å². The van der Waals surface area contributed by atoms with Crippen molar-refractivity contribution in [2.45, 2.75) is 13.3 Å². The smallest absolute Gasteiger partial charge is 0.246 e. The lowest BCUT2D eigenvalue weighted by atomic mass is 10.1. The van der Waals surface area contributed by atoms with Gasteiger partial charge >= 0.3 is 0 Å². The molecule has 146 valence electrons. The molecule has 1 amide bonds. The van der Waals surface area contributed by atoms with Crippen LogP contribution in [0.5, 0.6) is 11.5 Å². The van der Waals surface area contributed by atoms with Gasteiger partial charge in [0.05, 0.1) is 13.2 Å². The second kappa shape index (κ2) is 8.38. The van der Waals surface area contributed by atoms with Crippen molar-refractivity contribution in [1.29, 1.82) is 0 Å². The minimum absolute atomic E-state index is 0.0519. The molecule has 2 aliphatic heterocycles. The molecule has 0 atom stereocenters. The quantitative estimate of drug-likeness (QED) is 0.767. The summed E-state index contributed by atoms with van der Waals surface area (Å²) in [5.74, 6) is 1.57. The fourth-order valence-electron chi connectivity index (χ4n) is 3.57. The van der Waals surface area contributed by atoms with Crippen LogP contribution in [0.2, 0.25) is 0 Å². The number of carbonyl (C=O) groups excluding carboxylic acids is 1. The molecule has 0 saturated carbocycles. The van der Waals surface area contributed by atoms with E-state index in [-0.39, 0.29) is 5.91 Å². The fraction of sp³-hybridized carbons (Fsp3) is 0.348. The Morgan fingerprint density at radius 3 is 2.54 bits per heavy atom. The maximum absolute atomic E-state index is 12.6. The van der Waals surface area contributed by atoms with E-state index in [9.17, 15) is 4.79 Å². The van der Waals surface area contributed by atoms with Crippen molar-refractivity contribution >= 4 is 17.7 Å². The average Bonchev–Trinajstić information content (AvgIpc) is 2.97. The molecule has 0 N–H and O–H groups in total. The third kappa shape index (κ3) is 4.30. The predicted molar refractivity (Wildman–Crippen MR) is 111 cm³/mol. The molecule has 0 aromatic heterocycles. The van der Waals surface area contributed by atoms with Gasteiger partial charge in [-0.05, 0) is 48.4 Å². The Hall–Kier alpha value is -2.95. The van der Waals surface area contributed by atoms with E-state index in [4.69, 9.17) is 9.47 Å². The Kier molecular flexibility index (Phi) is 5.51. The molecule has 2 aromatic carbocycles. The van der Waals surface area contributed by atoms with Crippen molar-refractivity contribution in [3.8, 4) is 11.5 Å². The topological polar surface area (TPSA) is 42.0 Å². The zero-order valence-corrected chi connectivity index (χ0v) is 16.3. The first-order valence-corrected chi connectivity index (χ1v) is 9.87. The van der Waals surface area contributed by atoms with Crippen LogP contribution < -0.4 is 14.4 Å². The summed E-state index contributed by atoms with van der Waals surface area (Å²) in [6.45, 7) is 6.61. The van der Waals surface area contributed by atoms with E-state index in [0.29, 0.717) is 13.2 Å². The first-order valence-electron chi connectivity index (χ1n) is 9.87. The normalized spacial score (nSPS) is 16.9. The first-order chi connectivity index (χ1) is 13.7. The van der Waals surface area contributed by atoms with Gasteiger partial charge in [0, 0.05) is 44.4 Å². The number of fused-ring (bicyclic) bond motifs is 1. The summed E-state index contributed by atoms with van der Waals surface area (Å²) in [6, 6.07) is 14.3. The van der Waals surface area contributed by atoms with Gasteiger partial charge in [-0.25, -0.2) is 0 Å². The van der Waals surface area contributed by atoms with Gasteiger partial charge in [-0.3, -0.25) is 4.79 Å². The number of carbonyl (C=O) groups is 1. The van der Waals surface area contributed by atoms with Crippen molar-refractivity contribution in [3.05, 3.63) is 59.7 Å². The van der Waals surface area contributed by atoms with E-state index in [1.54, 1.807) is 6.08 Å². The van der Waals surface area contributed by atoms with Crippen LogP contribution in [0.25, 0.3) is 6.08 Å². The number of hydrogen-bond donors (Lipinski definition) is 0. The summed E-state index contributed by atoms with van der Waals surface area (Å²) in [6.07, 6.45) is 4.39. The van der Waals surface area contributed by atoms with Crippen molar-refractivity contribution in [1.82, 2.24) is 4.90 Å². The molecule has 0 spiro atoms. The highest BCUT2D eigenvalue weighted by atomic mass is 16.5. The number of benzene rings is 2. The first kappa shape index (κ1) is 18.4. The minimum atomic E-state index is 0.0519. The molecule has 5 nitrogen and oxygen atoms in total. The van der Waals surface area contributed by atoms with E-state index in [1.165, 1.54) is 11.3 Å². The lowest BCUT2D eigenvalue weighted by molar-refractivity contribution is -0.126. The van der Waals surface area contributed by atoms with Gasteiger partial charge in [-0.2, -0.15) is 0 Å². The number of nitrogens with zero attached hydrogens (tertiary/aromatic N) is 2. The summed E-state index contributed by atoms with van der Waals surface area (Å²) in [5, 5.41) is 0. The van der Waals surface area contributed by atoms with E-state index in [1.807, 2.05) is 29.2 Å². The van der Waals surface area contributed by atoms with Gasteiger partial charge in [0.1, 0.15) is 0 Å². The number of rotatable bonds is 3. The third-order valence-corrected chi connectivity index (χ3v) is 5.15. The van der Waals surface area contributed by atoms with Crippen LogP contribution in [0, 0.1) is 6.92 Å².